The van der Waals surface area contributed by atoms with Crippen molar-refractivity contribution in [3.63, 3.8) is 0 Å². The van der Waals surface area contributed by atoms with Crippen LogP contribution in [-0.2, 0) is 14.3 Å². The largest absolute Gasteiger partial charge is 0.490 e. The number of rotatable bonds is 2. The predicted molar refractivity (Wildman–Crippen MR) is 64.6 cm³/mol. The Hall–Kier alpha value is -1.31. The molecule has 0 spiro atoms. The van der Waals surface area contributed by atoms with Gasteiger partial charge in [0.15, 0.2) is 0 Å². The van der Waals surface area contributed by atoms with Crippen molar-refractivity contribution in [2.24, 2.45) is 11.1 Å². The van der Waals surface area contributed by atoms with Crippen LogP contribution in [0.4, 0.5) is 13.2 Å². The summed E-state index contributed by atoms with van der Waals surface area (Å²) in [7, 11) is 0. The van der Waals surface area contributed by atoms with Crippen molar-refractivity contribution in [2.75, 3.05) is 13.1 Å². The fraction of sp³-hybridized carbons (Fsp3) is 0.833. The standard InChI is InChI=1S/C12H19F3N2O3/c1-11(2,3)8(16)9(18)17-5-4-7(6-17)20-10(19)12(13,14)15/h7-8H,4-6,16H2,1-3H3/t7-,8-/m1/s1. The number of carbonyl (C=O) groups excluding carboxylic acids is 2. The average Bonchev–Trinajstić information content (AvgIpc) is 2.73. The smallest absolute Gasteiger partial charge is 0.454 e. The third-order valence-electron chi connectivity index (χ3n) is 3.16. The number of alkyl halides is 3. The fourth-order valence-corrected chi connectivity index (χ4v) is 1.81. The second-order valence-electron chi connectivity index (χ2n) is 5.94. The van der Waals surface area contributed by atoms with Crippen LogP contribution >= 0.6 is 0 Å². The Labute approximate surface area is 115 Å². The van der Waals surface area contributed by atoms with Gasteiger partial charge >= 0.3 is 12.1 Å². The van der Waals surface area contributed by atoms with Gasteiger partial charge in [0.1, 0.15) is 6.10 Å². The van der Waals surface area contributed by atoms with E-state index in [1.54, 1.807) is 20.8 Å². The van der Waals surface area contributed by atoms with Gasteiger partial charge in [0.05, 0.1) is 12.6 Å². The number of halogens is 3. The molecule has 0 saturated carbocycles. The van der Waals surface area contributed by atoms with Crippen molar-refractivity contribution in [1.82, 2.24) is 4.90 Å². The molecule has 2 N–H and O–H groups in total. The van der Waals surface area contributed by atoms with Crippen LogP contribution in [0.5, 0.6) is 0 Å². The minimum Gasteiger partial charge on any atom is -0.454 e. The minimum absolute atomic E-state index is 0.0512. The Kier molecular flexibility index (Phi) is 4.68. The van der Waals surface area contributed by atoms with E-state index in [1.807, 2.05) is 0 Å². The van der Waals surface area contributed by atoms with E-state index in [2.05, 4.69) is 4.74 Å². The van der Waals surface area contributed by atoms with E-state index in [4.69, 9.17) is 5.73 Å². The molecule has 0 aromatic rings. The van der Waals surface area contributed by atoms with Crippen molar-refractivity contribution >= 4 is 11.9 Å². The average molecular weight is 296 g/mol. The summed E-state index contributed by atoms with van der Waals surface area (Å²) in [4.78, 5) is 24.1. The molecule has 1 fully saturated rings. The molecule has 0 radical (unpaired) electrons. The molecule has 1 saturated heterocycles. The van der Waals surface area contributed by atoms with Crippen LogP contribution in [0.3, 0.4) is 0 Å². The highest BCUT2D eigenvalue weighted by molar-refractivity contribution is 5.83. The number of hydrogen-bond donors (Lipinski definition) is 1. The summed E-state index contributed by atoms with van der Waals surface area (Å²) in [5, 5.41) is 0. The Morgan fingerprint density at radius 2 is 1.85 bits per heavy atom. The molecule has 0 aromatic heterocycles. The summed E-state index contributed by atoms with van der Waals surface area (Å²) in [6, 6.07) is -0.750. The summed E-state index contributed by atoms with van der Waals surface area (Å²) in [5.41, 5.74) is 5.36. The number of hydrogen-bond acceptors (Lipinski definition) is 4. The summed E-state index contributed by atoms with van der Waals surface area (Å²) < 4.78 is 40.5. The van der Waals surface area contributed by atoms with Crippen LogP contribution in [0, 0.1) is 5.41 Å². The molecule has 0 aliphatic carbocycles. The van der Waals surface area contributed by atoms with Crippen molar-refractivity contribution in [2.45, 2.75) is 45.5 Å². The van der Waals surface area contributed by atoms with Crippen LogP contribution < -0.4 is 5.73 Å². The first-order valence-corrected chi connectivity index (χ1v) is 6.25. The third kappa shape index (κ3) is 4.09. The van der Waals surface area contributed by atoms with Gasteiger partial charge in [0, 0.05) is 13.0 Å². The number of nitrogens with two attached hydrogens (primary N) is 1. The first-order valence-electron chi connectivity index (χ1n) is 6.25. The second kappa shape index (κ2) is 5.59. The van der Waals surface area contributed by atoms with Crippen molar-refractivity contribution in [1.29, 1.82) is 0 Å². The highest BCUT2D eigenvalue weighted by atomic mass is 19.4. The number of amides is 1. The van der Waals surface area contributed by atoms with E-state index in [0.29, 0.717) is 0 Å². The number of carbonyl (C=O) groups is 2. The zero-order chi connectivity index (χ0) is 15.7. The van der Waals surface area contributed by atoms with Gasteiger partial charge in [-0.15, -0.1) is 0 Å². The van der Waals surface area contributed by atoms with Gasteiger partial charge in [-0.05, 0) is 5.41 Å². The summed E-state index contributed by atoms with van der Waals surface area (Å²) in [6.45, 7) is 5.58. The number of nitrogens with zero attached hydrogens (tertiary/aromatic N) is 1. The zero-order valence-corrected chi connectivity index (χ0v) is 11.7. The fourth-order valence-electron chi connectivity index (χ4n) is 1.81. The topological polar surface area (TPSA) is 72.6 Å². The van der Waals surface area contributed by atoms with Crippen LogP contribution in [0.1, 0.15) is 27.2 Å². The predicted octanol–water partition coefficient (Wildman–Crippen LogP) is 1.07. The molecule has 1 aliphatic rings. The summed E-state index contributed by atoms with van der Waals surface area (Å²) >= 11 is 0. The molecule has 1 amide bonds. The minimum atomic E-state index is -5.01. The van der Waals surface area contributed by atoms with E-state index in [9.17, 15) is 22.8 Å². The Morgan fingerprint density at radius 1 is 1.30 bits per heavy atom. The van der Waals surface area contributed by atoms with E-state index in [0.717, 1.165) is 0 Å². The SMILES string of the molecule is CC(C)(C)[C@H](N)C(=O)N1CC[C@@H](OC(=O)C(F)(F)F)C1. The maximum Gasteiger partial charge on any atom is 0.490 e. The van der Waals surface area contributed by atoms with Gasteiger partial charge in [-0.3, -0.25) is 4.79 Å². The number of esters is 1. The van der Waals surface area contributed by atoms with Gasteiger partial charge in [-0.2, -0.15) is 13.2 Å². The number of ether oxygens (including phenoxy) is 1. The molecular weight excluding hydrogens is 277 g/mol. The third-order valence-corrected chi connectivity index (χ3v) is 3.16. The van der Waals surface area contributed by atoms with E-state index in [1.165, 1.54) is 4.90 Å². The lowest BCUT2D eigenvalue weighted by Crippen LogP contribution is -2.50. The highest BCUT2D eigenvalue weighted by Gasteiger charge is 2.44. The lowest BCUT2D eigenvalue weighted by atomic mass is 9.86. The Balaban J connectivity index is 2.56. The maximum atomic E-state index is 12.1. The molecule has 1 rings (SSSR count). The van der Waals surface area contributed by atoms with Gasteiger partial charge in [-0.25, -0.2) is 4.79 Å². The molecule has 2 atom stereocenters. The lowest BCUT2D eigenvalue weighted by Gasteiger charge is -2.29. The normalized spacial score (nSPS) is 21.8. The quantitative estimate of drug-likeness (QED) is 0.774. The second-order valence-corrected chi connectivity index (χ2v) is 5.94. The van der Waals surface area contributed by atoms with Gasteiger partial charge in [-0.1, -0.05) is 20.8 Å². The molecule has 116 valence electrons. The Morgan fingerprint density at radius 3 is 2.30 bits per heavy atom. The van der Waals surface area contributed by atoms with Crippen LogP contribution in [0.15, 0.2) is 0 Å². The molecule has 1 aliphatic heterocycles. The van der Waals surface area contributed by atoms with Crippen molar-refractivity contribution in [3.05, 3.63) is 0 Å². The van der Waals surface area contributed by atoms with Crippen LogP contribution in [-0.4, -0.2) is 48.2 Å². The van der Waals surface area contributed by atoms with Crippen molar-refractivity contribution < 1.29 is 27.5 Å². The molecular formula is C12H19F3N2O3. The molecule has 5 nitrogen and oxygen atoms in total. The molecule has 20 heavy (non-hydrogen) atoms. The molecule has 1 heterocycles. The molecule has 0 bridgehead atoms. The molecule has 8 heteroatoms. The van der Waals surface area contributed by atoms with Crippen molar-refractivity contribution in [3.8, 4) is 0 Å². The first-order chi connectivity index (χ1) is 8.93. The van der Waals surface area contributed by atoms with Gasteiger partial charge in [0.2, 0.25) is 5.91 Å². The van der Waals surface area contributed by atoms with E-state index in [-0.39, 0.29) is 25.4 Å². The lowest BCUT2D eigenvalue weighted by molar-refractivity contribution is -0.204. The van der Waals surface area contributed by atoms with Gasteiger partial charge < -0.3 is 15.4 Å². The van der Waals surface area contributed by atoms with Gasteiger partial charge in [0.25, 0.3) is 0 Å². The van der Waals surface area contributed by atoms with Crippen LogP contribution in [0.25, 0.3) is 0 Å². The Bertz CT molecular complexity index is 390. The monoisotopic (exact) mass is 296 g/mol. The molecule has 0 unspecified atom stereocenters. The van der Waals surface area contributed by atoms with Crippen LogP contribution in [0.2, 0.25) is 0 Å². The number of likely N-dealkylation sites (tertiary alicyclic amines) is 1. The van der Waals surface area contributed by atoms with E-state index < -0.39 is 29.7 Å². The first kappa shape index (κ1) is 16.7. The maximum absolute atomic E-state index is 12.1. The zero-order valence-electron chi connectivity index (χ0n) is 11.7. The molecule has 0 aromatic carbocycles. The highest BCUT2D eigenvalue weighted by Crippen LogP contribution is 2.24. The summed E-state index contributed by atoms with van der Waals surface area (Å²) in [6.07, 6.45) is -5.76. The van der Waals surface area contributed by atoms with E-state index >= 15 is 0 Å². The summed E-state index contributed by atoms with van der Waals surface area (Å²) in [5.74, 6) is -2.57.